The topological polar surface area (TPSA) is 58.6 Å². The van der Waals surface area contributed by atoms with Crippen molar-refractivity contribution in [2.45, 2.75) is 51.5 Å². The first-order valence-corrected chi connectivity index (χ1v) is 6.76. The molecule has 0 spiro atoms. The molecule has 0 aromatic heterocycles. The van der Waals surface area contributed by atoms with Gasteiger partial charge in [-0.3, -0.25) is 4.79 Å². The third kappa shape index (κ3) is 5.50. The number of aliphatic hydroxyl groups excluding tert-OH is 1. The number of aliphatic hydroxyl groups is 1. The van der Waals surface area contributed by atoms with E-state index in [0.717, 1.165) is 0 Å². The summed E-state index contributed by atoms with van der Waals surface area (Å²) < 4.78 is 5.09. The van der Waals surface area contributed by atoms with Crippen molar-refractivity contribution >= 4 is 5.91 Å². The first-order valence-electron chi connectivity index (χ1n) is 6.76. The molecule has 100 valence electrons. The Labute approximate surface area is 104 Å². The highest BCUT2D eigenvalue weighted by molar-refractivity contribution is 5.77. The second kappa shape index (κ2) is 8.48. The fourth-order valence-electron chi connectivity index (χ4n) is 2.54. The molecule has 2 N–H and O–H groups in total. The SMILES string of the molecule is CCOCC(=O)NC(CCO)C1CCCCC1. The number of carbonyl (C=O) groups excluding carboxylic acids is 1. The average Bonchev–Trinajstić information content (AvgIpc) is 2.37. The lowest BCUT2D eigenvalue weighted by molar-refractivity contribution is -0.126. The van der Waals surface area contributed by atoms with E-state index in [1.807, 2.05) is 6.92 Å². The van der Waals surface area contributed by atoms with E-state index in [1.54, 1.807) is 0 Å². The molecule has 1 rings (SSSR count). The van der Waals surface area contributed by atoms with Crippen LogP contribution >= 0.6 is 0 Å². The van der Waals surface area contributed by atoms with Gasteiger partial charge in [0, 0.05) is 19.3 Å². The van der Waals surface area contributed by atoms with E-state index in [2.05, 4.69) is 5.32 Å². The quantitative estimate of drug-likeness (QED) is 0.712. The third-order valence-corrected chi connectivity index (χ3v) is 3.44. The maximum atomic E-state index is 11.6. The van der Waals surface area contributed by atoms with Gasteiger partial charge in [-0.25, -0.2) is 0 Å². The fraction of sp³-hybridized carbons (Fsp3) is 0.923. The zero-order valence-corrected chi connectivity index (χ0v) is 10.8. The highest BCUT2D eigenvalue weighted by atomic mass is 16.5. The van der Waals surface area contributed by atoms with E-state index in [9.17, 15) is 4.79 Å². The Bertz CT molecular complexity index is 215. The van der Waals surface area contributed by atoms with Crippen LogP contribution in [0.25, 0.3) is 0 Å². The monoisotopic (exact) mass is 243 g/mol. The van der Waals surface area contributed by atoms with Crippen LogP contribution in [0.3, 0.4) is 0 Å². The Morgan fingerprint density at radius 1 is 1.41 bits per heavy atom. The number of carbonyl (C=O) groups is 1. The summed E-state index contributed by atoms with van der Waals surface area (Å²) >= 11 is 0. The minimum atomic E-state index is -0.0594. The lowest BCUT2D eigenvalue weighted by Gasteiger charge is -2.30. The third-order valence-electron chi connectivity index (χ3n) is 3.44. The molecule has 4 nitrogen and oxygen atoms in total. The van der Waals surface area contributed by atoms with Gasteiger partial charge >= 0.3 is 0 Å². The molecule has 0 heterocycles. The molecule has 17 heavy (non-hydrogen) atoms. The molecule has 0 bridgehead atoms. The first-order chi connectivity index (χ1) is 8.27. The lowest BCUT2D eigenvalue weighted by Crippen LogP contribution is -2.43. The van der Waals surface area contributed by atoms with Gasteiger partial charge in [0.2, 0.25) is 5.91 Å². The molecule has 0 aromatic carbocycles. The maximum Gasteiger partial charge on any atom is 0.246 e. The highest BCUT2D eigenvalue weighted by Crippen LogP contribution is 2.27. The molecule has 0 aliphatic heterocycles. The van der Waals surface area contributed by atoms with E-state index < -0.39 is 0 Å². The molecule has 4 heteroatoms. The van der Waals surface area contributed by atoms with Gasteiger partial charge in [0.1, 0.15) is 6.61 Å². The van der Waals surface area contributed by atoms with Crippen molar-refractivity contribution in [3.8, 4) is 0 Å². The van der Waals surface area contributed by atoms with Crippen molar-refractivity contribution in [3.05, 3.63) is 0 Å². The van der Waals surface area contributed by atoms with Crippen LogP contribution in [-0.4, -0.2) is 36.9 Å². The van der Waals surface area contributed by atoms with Gasteiger partial charge in [-0.2, -0.15) is 0 Å². The summed E-state index contributed by atoms with van der Waals surface area (Å²) in [5.41, 5.74) is 0. The summed E-state index contributed by atoms with van der Waals surface area (Å²) in [4.78, 5) is 11.6. The van der Waals surface area contributed by atoms with Gasteiger partial charge in [0.15, 0.2) is 0 Å². The molecule has 1 aliphatic carbocycles. The fourth-order valence-corrected chi connectivity index (χ4v) is 2.54. The van der Waals surface area contributed by atoms with Crippen molar-refractivity contribution in [1.29, 1.82) is 0 Å². The molecule has 0 radical (unpaired) electrons. The summed E-state index contributed by atoms with van der Waals surface area (Å²) in [5, 5.41) is 12.1. The van der Waals surface area contributed by atoms with Crippen molar-refractivity contribution < 1.29 is 14.6 Å². The number of hydrogen-bond acceptors (Lipinski definition) is 3. The summed E-state index contributed by atoms with van der Waals surface area (Å²) in [6.07, 6.45) is 6.78. The number of hydrogen-bond donors (Lipinski definition) is 2. The van der Waals surface area contributed by atoms with E-state index in [0.29, 0.717) is 18.9 Å². The van der Waals surface area contributed by atoms with Gasteiger partial charge in [-0.15, -0.1) is 0 Å². The van der Waals surface area contributed by atoms with Crippen LogP contribution in [0.15, 0.2) is 0 Å². The second-order valence-electron chi connectivity index (χ2n) is 4.72. The molecular formula is C13H25NO3. The van der Waals surface area contributed by atoms with Crippen LogP contribution in [-0.2, 0) is 9.53 Å². The van der Waals surface area contributed by atoms with Crippen molar-refractivity contribution in [1.82, 2.24) is 5.32 Å². The zero-order valence-electron chi connectivity index (χ0n) is 10.8. The predicted molar refractivity (Wildman–Crippen MR) is 66.7 cm³/mol. The minimum Gasteiger partial charge on any atom is -0.396 e. The zero-order chi connectivity index (χ0) is 12.5. The van der Waals surface area contributed by atoms with Crippen molar-refractivity contribution in [3.63, 3.8) is 0 Å². The Kier molecular flexibility index (Phi) is 7.21. The highest BCUT2D eigenvalue weighted by Gasteiger charge is 2.24. The molecule has 0 aromatic rings. The number of nitrogens with one attached hydrogen (secondary N) is 1. The van der Waals surface area contributed by atoms with Crippen molar-refractivity contribution in [2.75, 3.05) is 19.8 Å². The summed E-state index contributed by atoms with van der Waals surface area (Å²) in [7, 11) is 0. The molecule has 1 aliphatic rings. The van der Waals surface area contributed by atoms with Crippen LogP contribution in [0.4, 0.5) is 0 Å². The van der Waals surface area contributed by atoms with Gasteiger partial charge in [-0.05, 0) is 32.1 Å². The van der Waals surface area contributed by atoms with Crippen LogP contribution in [0.5, 0.6) is 0 Å². The Balaban J connectivity index is 2.38. The molecule has 1 atom stereocenters. The lowest BCUT2D eigenvalue weighted by atomic mass is 9.83. The normalized spacial score (nSPS) is 18.9. The molecule has 0 saturated heterocycles. The number of ether oxygens (including phenoxy) is 1. The number of rotatable bonds is 7. The van der Waals surface area contributed by atoms with Gasteiger partial charge < -0.3 is 15.2 Å². The minimum absolute atomic E-state index is 0.0594. The first kappa shape index (κ1) is 14.5. The molecule has 1 saturated carbocycles. The summed E-state index contributed by atoms with van der Waals surface area (Å²) in [6, 6.07) is 0.119. The summed E-state index contributed by atoms with van der Waals surface area (Å²) in [5.74, 6) is 0.470. The number of amides is 1. The van der Waals surface area contributed by atoms with E-state index >= 15 is 0 Å². The van der Waals surface area contributed by atoms with Crippen LogP contribution in [0.2, 0.25) is 0 Å². The molecular weight excluding hydrogens is 218 g/mol. The van der Waals surface area contributed by atoms with Gasteiger partial charge in [-0.1, -0.05) is 19.3 Å². The standard InChI is InChI=1S/C13H25NO3/c1-2-17-10-13(16)14-12(8-9-15)11-6-4-3-5-7-11/h11-12,15H,2-10H2,1H3,(H,14,16). The smallest absolute Gasteiger partial charge is 0.246 e. The van der Waals surface area contributed by atoms with Crippen molar-refractivity contribution in [2.24, 2.45) is 5.92 Å². The Morgan fingerprint density at radius 3 is 2.71 bits per heavy atom. The molecule has 1 unspecified atom stereocenters. The maximum absolute atomic E-state index is 11.6. The van der Waals surface area contributed by atoms with E-state index in [4.69, 9.17) is 9.84 Å². The molecule has 1 amide bonds. The van der Waals surface area contributed by atoms with Crippen LogP contribution in [0, 0.1) is 5.92 Å². The van der Waals surface area contributed by atoms with E-state index in [-0.39, 0.29) is 25.2 Å². The Morgan fingerprint density at radius 2 is 2.12 bits per heavy atom. The van der Waals surface area contributed by atoms with Gasteiger partial charge in [0.05, 0.1) is 0 Å². The average molecular weight is 243 g/mol. The predicted octanol–water partition coefficient (Wildman–Crippen LogP) is 1.47. The van der Waals surface area contributed by atoms with Crippen LogP contribution < -0.4 is 5.32 Å². The van der Waals surface area contributed by atoms with Crippen LogP contribution in [0.1, 0.15) is 45.4 Å². The van der Waals surface area contributed by atoms with Gasteiger partial charge in [0.25, 0.3) is 0 Å². The largest absolute Gasteiger partial charge is 0.396 e. The Hall–Kier alpha value is -0.610. The van der Waals surface area contributed by atoms with E-state index in [1.165, 1.54) is 32.1 Å². The summed E-state index contributed by atoms with van der Waals surface area (Å²) in [6.45, 7) is 2.70. The molecule has 1 fully saturated rings. The second-order valence-corrected chi connectivity index (χ2v) is 4.72.